The van der Waals surface area contributed by atoms with Crippen LogP contribution >= 0.6 is 12.6 Å². The molecule has 1 aliphatic rings. The van der Waals surface area contributed by atoms with E-state index in [0.29, 0.717) is 16.9 Å². The van der Waals surface area contributed by atoms with Gasteiger partial charge in [-0.2, -0.15) is 12.6 Å². The molecule has 0 radical (unpaired) electrons. The number of nitrogen functional groups attached to an aromatic ring is 1. The number of primary amides is 1. The summed E-state index contributed by atoms with van der Waals surface area (Å²) >= 11 is 4.26. The third-order valence-electron chi connectivity index (χ3n) is 3.87. The molecule has 1 fully saturated rings. The summed E-state index contributed by atoms with van der Waals surface area (Å²) in [6, 6.07) is 0. The molecule has 0 saturated carbocycles. The zero-order valence-corrected chi connectivity index (χ0v) is 13.1. The summed E-state index contributed by atoms with van der Waals surface area (Å²) in [7, 11) is 0. The summed E-state index contributed by atoms with van der Waals surface area (Å²) in [5.41, 5.74) is 11.7. The van der Waals surface area contributed by atoms with Crippen LogP contribution < -0.4 is 11.5 Å². The van der Waals surface area contributed by atoms with Crippen molar-refractivity contribution >= 4 is 35.4 Å². The minimum atomic E-state index is -1.01. The van der Waals surface area contributed by atoms with Gasteiger partial charge in [-0.25, -0.2) is 9.97 Å². The molecule has 0 aliphatic carbocycles. The first-order valence-corrected chi connectivity index (χ1v) is 7.43. The highest BCUT2D eigenvalue weighted by atomic mass is 32.1. The van der Waals surface area contributed by atoms with E-state index in [0.717, 1.165) is 0 Å². The number of anilines is 1. The number of thiol groups is 1. The fraction of sp³-hybridized carbons (Fsp3) is 0.462. The topological polar surface area (TPSA) is 150 Å². The van der Waals surface area contributed by atoms with Gasteiger partial charge in [0.05, 0.1) is 28.9 Å². The molecular formula is C13H17N5O4S. The highest BCUT2D eigenvalue weighted by molar-refractivity contribution is 7.81. The number of carbonyl (C=O) groups excluding carboxylic acids is 1. The fourth-order valence-corrected chi connectivity index (χ4v) is 3.09. The zero-order chi connectivity index (χ0) is 16.9. The molecule has 0 aromatic carbocycles. The second-order valence-corrected chi connectivity index (χ2v) is 5.99. The summed E-state index contributed by atoms with van der Waals surface area (Å²) in [4.78, 5) is 20.0. The number of hydrogen-bond donors (Lipinski definition) is 5. The Morgan fingerprint density at radius 1 is 1.52 bits per heavy atom. The Bertz CT molecular complexity index is 779. The quantitative estimate of drug-likeness (QED) is 0.449. The lowest BCUT2D eigenvalue weighted by Gasteiger charge is -2.17. The smallest absolute Gasteiger partial charge is 0.251 e. The van der Waals surface area contributed by atoms with E-state index in [2.05, 4.69) is 22.6 Å². The van der Waals surface area contributed by atoms with Crippen LogP contribution in [0.4, 0.5) is 5.82 Å². The Morgan fingerprint density at radius 2 is 2.22 bits per heavy atom. The molecule has 3 heterocycles. The molecule has 2 aromatic rings. The molecule has 0 bridgehead atoms. The van der Waals surface area contributed by atoms with E-state index >= 15 is 0 Å². The zero-order valence-electron chi connectivity index (χ0n) is 12.2. The number of nitrogens with zero attached hydrogens (tertiary/aromatic N) is 3. The van der Waals surface area contributed by atoms with Gasteiger partial charge < -0.3 is 31.0 Å². The molecule has 1 amide bonds. The number of fused-ring (bicyclic) bond motifs is 1. The van der Waals surface area contributed by atoms with Crippen LogP contribution in [-0.2, 0) is 4.74 Å². The number of aliphatic hydroxyl groups is 2. The molecular weight excluding hydrogens is 322 g/mol. The molecule has 23 heavy (non-hydrogen) atoms. The van der Waals surface area contributed by atoms with Gasteiger partial charge in [0.15, 0.2) is 6.23 Å². The van der Waals surface area contributed by atoms with Crippen LogP contribution in [0.25, 0.3) is 11.0 Å². The number of hydrogen-bond acceptors (Lipinski definition) is 8. The van der Waals surface area contributed by atoms with Gasteiger partial charge in [0, 0.05) is 6.20 Å². The highest BCUT2D eigenvalue weighted by Crippen LogP contribution is 2.36. The summed E-state index contributed by atoms with van der Waals surface area (Å²) < 4.78 is 7.11. The van der Waals surface area contributed by atoms with Gasteiger partial charge in [0.25, 0.3) is 5.91 Å². The van der Waals surface area contributed by atoms with Crippen molar-refractivity contribution in [1.82, 2.24) is 14.5 Å². The second kappa shape index (κ2) is 5.64. The Hall–Kier alpha value is -1.88. The maximum absolute atomic E-state index is 11.7. The van der Waals surface area contributed by atoms with E-state index < -0.39 is 29.6 Å². The number of aryl methyl sites for hydroxylation is 1. The van der Waals surface area contributed by atoms with E-state index in [-0.39, 0.29) is 18.0 Å². The fourth-order valence-electron chi connectivity index (χ4n) is 2.78. The summed E-state index contributed by atoms with van der Waals surface area (Å²) in [6.07, 6.45) is -1.11. The predicted molar refractivity (Wildman–Crippen MR) is 85.0 cm³/mol. The van der Waals surface area contributed by atoms with Gasteiger partial charge >= 0.3 is 0 Å². The summed E-state index contributed by atoms with van der Waals surface area (Å²) in [5, 5.41) is 19.4. The standard InChI is InChI=1S/C13H17N5O4S/c1-4-16-10(14)7-5(11(15)21)2-18(12(7)17-4)13-8(20)9(23)6(3-19)22-13/h2,6,8-9,13,19-20,23H,3H2,1H3,(H2,15,21)(H2,14,16,17). The number of amides is 1. The van der Waals surface area contributed by atoms with E-state index in [9.17, 15) is 15.0 Å². The molecule has 0 spiro atoms. The number of aromatic nitrogens is 3. The average Bonchev–Trinajstić information content (AvgIpc) is 2.99. The number of aliphatic hydroxyl groups excluding tert-OH is 2. The molecule has 6 N–H and O–H groups in total. The van der Waals surface area contributed by atoms with Crippen molar-refractivity contribution in [3.63, 3.8) is 0 Å². The highest BCUT2D eigenvalue weighted by Gasteiger charge is 2.43. The first kappa shape index (κ1) is 16.0. The number of nitrogens with two attached hydrogens (primary N) is 2. The van der Waals surface area contributed by atoms with Crippen molar-refractivity contribution in [1.29, 1.82) is 0 Å². The van der Waals surface area contributed by atoms with Gasteiger partial charge in [0.1, 0.15) is 23.4 Å². The van der Waals surface area contributed by atoms with E-state index in [1.54, 1.807) is 6.92 Å². The number of rotatable bonds is 3. The van der Waals surface area contributed by atoms with Crippen molar-refractivity contribution in [3.8, 4) is 0 Å². The Kier molecular flexibility index (Phi) is 3.92. The maximum Gasteiger partial charge on any atom is 0.251 e. The first-order valence-electron chi connectivity index (χ1n) is 6.92. The normalized spacial score (nSPS) is 27.7. The number of carbonyl (C=O) groups is 1. The predicted octanol–water partition coefficient (Wildman–Crippen LogP) is -1.03. The third-order valence-corrected chi connectivity index (χ3v) is 4.51. The largest absolute Gasteiger partial charge is 0.394 e. The minimum Gasteiger partial charge on any atom is -0.394 e. The summed E-state index contributed by atoms with van der Waals surface area (Å²) in [6.45, 7) is 1.36. The average molecular weight is 339 g/mol. The van der Waals surface area contributed by atoms with Gasteiger partial charge in [0.2, 0.25) is 0 Å². The van der Waals surface area contributed by atoms with Crippen molar-refractivity contribution in [3.05, 3.63) is 17.6 Å². The molecule has 10 heteroatoms. The molecule has 9 nitrogen and oxygen atoms in total. The Morgan fingerprint density at radius 3 is 2.78 bits per heavy atom. The second-order valence-electron chi connectivity index (χ2n) is 5.40. The Labute approximate surface area is 136 Å². The molecule has 1 saturated heterocycles. The van der Waals surface area contributed by atoms with Gasteiger partial charge in [-0.15, -0.1) is 0 Å². The molecule has 2 aromatic heterocycles. The van der Waals surface area contributed by atoms with Crippen LogP contribution in [0.15, 0.2) is 6.20 Å². The minimum absolute atomic E-state index is 0.119. The van der Waals surface area contributed by atoms with Crippen molar-refractivity contribution < 1.29 is 19.7 Å². The van der Waals surface area contributed by atoms with Crippen LogP contribution in [-0.4, -0.2) is 54.7 Å². The summed E-state index contributed by atoms with van der Waals surface area (Å²) in [5.74, 6) is -0.172. The van der Waals surface area contributed by atoms with Crippen molar-refractivity contribution in [2.45, 2.75) is 30.6 Å². The van der Waals surface area contributed by atoms with Crippen LogP contribution in [0, 0.1) is 6.92 Å². The van der Waals surface area contributed by atoms with E-state index in [4.69, 9.17) is 16.2 Å². The van der Waals surface area contributed by atoms with Crippen LogP contribution in [0.2, 0.25) is 0 Å². The van der Waals surface area contributed by atoms with Crippen LogP contribution in [0.1, 0.15) is 22.4 Å². The van der Waals surface area contributed by atoms with E-state index in [1.807, 2.05) is 0 Å². The van der Waals surface area contributed by atoms with Crippen LogP contribution in [0.3, 0.4) is 0 Å². The molecule has 4 unspecified atom stereocenters. The number of ether oxygens (including phenoxy) is 1. The molecule has 1 aliphatic heterocycles. The lowest BCUT2D eigenvalue weighted by molar-refractivity contribution is -0.0483. The molecule has 124 valence electrons. The lowest BCUT2D eigenvalue weighted by Crippen LogP contribution is -2.28. The maximum atomic E-state index is 11.7. The third kappa shape index (κ3) is 2.43. The van der Waals surface area contributed by atoms with E-state index in [1.165, 1.54) is 10.8 Å². The van der Waals surface area contributed by atoms with Gasteiger partial charge in [-0.1, -0.05) is 0 Å². The monoisotopic (exact) mass is 339 g/mol. The molecule has 4 atom stereocenters. The van der Waals surface area contributed by atoms with Crippen molar-refractivity contribution in [2.75, 3.05) is 12.3 Å². The first-order chi connectivity index (χ1) is 10.8. The molecule has 3 rings (SSSR count). The lowest BCUT2D eigenvalue weighted by atomic mass is 10.2. The van der Waals surface area contributed by atoms with Gasteiger partial charge in [-0.3, -0.25) is 4.79 Å². The van der Waals surface area contributed by atoms with Crippen molar-refractivity contribution in [2.24, 2.45) is 5.73 Å². The SMILES string of the molecule is Cc1nc(N)c2c(C(N)=O)cn(C3OC(CO)C(S)C3O)c2n1. The van der Waals surface area contributed by atoms with Crippen LogP contribution in [0.5, 0.6) is 0 Å². The van der Waals surface area contributed by atoms with Gasteiger partial charge in [-0.05, 0) is 6.92 Å². The Balaban J connectivity index is 2.20.